The van der Waals surface area contributed by atoms with E-state index in [2.05, 4.69) is 20.2 Å². The Morgan fingerprint density at radius 2 is 2.04 bits per heavy atom. The molecule has 1 N–H and O–H groups in total. The number of ketones is 1. The van der Waals surface area contributed by atoms with Gasteiger partial charge in [0.1, 0.15) is 10.7 Å². The molecular formula is C20H21N5O2S. The molecule has 1 aliphatic rings. The normalized spacial score (nSPS) is 16.9. The maximum atomic E-state index is 12.3. The number of hydrogen-bond acceptors (Lipinski definition) is 7. The Balaban J connectivity index is 1.37. The van der Waals surface area contributed by atoms with E-state index in [0.717, 1.165) is 54.1 Å². The second kappa shape index (κ2) is 8.02. The summed E-state index contributed by atoms with van der Waals surface area (Å²) in [7, 11) is 0. The van der Waals surface area contributed by atoms with Crippen LogP contribution in [0.3, 0.4) is 0 Å². The van der Waals surface area contributed by atoms with Gasteiger partial charge in [0.25, 0.3) is 5.91 Å². The van der Waals surface area contributed by atoms with Gasteiger partial charge in [0.05, 0.1) is 23.4 Å². The van der Waals surface area contributed by atoms with E-state index in [4.69, 9.17) is 4.98 Å². The summed E-state index contributed by atoms with van der Waals surface area (Å²) < 4.78 is 0. The van der Waals surface area contributed by atoms with Gasteiger partial charge in [-0.1, -0.05) is 12.1 Å². The van der Waals surface area contributed by atoms with Crippen molar-refractivity contribution in [2.24, 2.45) is 5.92 Å². The number of rotatable bonds is 5. The van der Waals surface area contributed by atoms with E-state index >= 15 is 0 Å². The van der Waals surface area contributed by atoms with Crippen LogP contribution in [-0.4, -0.2) is 46.3 Å². The van der Waals surface area contributed by atoms with Gasteiger partial charge in [-0.05, 0) is 30.9 Å². The summed E-state index contributed by atoms with van der Waals surface area (Å²) in [4.78, 5) is 39.6. The fourth-order valence-electron chi connectivity index (χ4n) is 3.41. The SMILES string of the molecule is CC(=O)c1ncc(C(=O)NCC2CCCN(c3cnc4ccccc4n3)C2)s1. The number of amides is 1. The molecule has 8 heteroatoms. The van der Waals surface area contributed by atoms with Crippen molar-refractivity contribution in [2.75, 3.05) is 24.5 Å². The van der Waals surface area contributed by atoms with Gasteiger partial charge >= 0.3 is 0 Å². The number of hydrogen-bond donors (Lipinski definition) is 1. The van der Waals surface area contributed by atoms with Gasteiger partial charge in [-0.2, -0.15) is 0 Å². The number of nitrogens with one attached hydrogen (secondary N) is 1. The highest BCUT2D eigenvalue weighted by Crippen LogP contribution is 2.23. The number of carbonyl (C=O) groups excluding carboxylic acids is 2. The number of benzene rings is 1. The van der Waals surface area contributed by atoms with E-state index in [-0.39, 0.29) is 11.7 Å². The highest BCUT2D eigenvalue weighted by Gasteiger charge is 2.22. The predicted molar refractivity (Wildman–Crippen MR) is 109 cm³/mol. The van der Waals surface area contributed by atoms with Gasteiger partial charge in [0, 0.05) is 26.6 Å². The van der Waals surface area contributed by atoms with Crippen molar-refractivity contribution >= 4 is 39.9 Å². The molecule has 1 fully saturated rings. The van der Waals surface area contributed by atoms with Crippen LogP contribution in [0, 0.1) is 5.92 Å². The third-order valence-corrected chi connectivity index (χ3v) is 5.96. The molecule has 0 spiro atoms. The Hall–Kier alpha value is -2.87. The van der Waals surface area contributed by atoms with Crippen LogP contribution in [0.4, 0.5) is 5.82 Å². The minimum atomic E-state index is -0.173. The zero-order valence-corrected chi connectivity index (χ0v) is 16.4. The predicted octanol–water partition coefficient (Wildman–Crippen LogP) is 2.94. The van der Waals surface area contributed by atoms with Gasteiger partial charge < -0.3 is 10.2 Å². The summed E-state index contributed by atoms with van der Waals surface area (Å²) in [5, 5.41) is 3.34. The smallest absolute Gasteiger partial charge is 0.263 e. The van der Waals surface area contributed by atoms with Crippen molar-refractivity contribution in [3.8, 4) is 0 Å². The number of thiazole rings is 1. The van der Waals surface area contributed by atoms with E-state index < -0.39 is 0 Å². The molecule has 1 atom stereocenters. The number of para-hydroxylation sites is 2. The number of piperidine rings is 1. The molecule has 7 nitrogen and oxygen atoms in total. The van der Waals surface area contributed by atoms with Gasteiger partial charge in [-0.3, -0.25) is 14.6 Å². The monoisotopic (exact) mass is 395 g/mol. The highest BCUT2D eigenvalue weighted by atomic mass is 32.1. The van der Waals surface area contributed by atoms with Crippen molar-refractivity contribution in [3.63, 3.8) is 0 Å². The van der Waals surface area contributed by atoms with Crippen LogP contribution in [0.1, 0.15) is 39.2 Å². The van der Waals surface area contributed by atoms with Crippen LogP contribution in [-0.2, 0) is 0 Å². The molecular weight excluding hydrogens is 374 g/mol. The summed E-state index contributed by atoms with van der Waals surface area (Å²) >= 11 is 1.13. The highest BCUT2D eigenvalue weighted by molar-refractivity contribution is 7.15. The molecule has 28 heavy (non-hydrogen) atoms. The zero-order chi connectivity index (χ0) is 19.5. The zero-order valence-electron chi connectivity index (χ0n) is 15.6. The maximum Gasteiger partial charge on any atom is 0.263 e. The molecule has 0 saturated carbocycles. The maximum absolute atomic E-state index is 12.3. The Morgan fingerprint density at radius 3 is 2.82 bits per heavy atom. The van der Waals surface area contributed by atoms with Crippen LogP contribution in [0.25, 0.3) is 11.0 Å². The van der Waals surface area contributed by atoms with Crippen molar-refractivity contribution in [1.29, 1.82) is 0 Å². The summed E-state index contributed by atoms with van der Waals surface area (Å²) in [6.45, 7) is 3.80. The van der Waals surface area contributed by atoms with Gasteiger partial charge in [-0.25, -0.2) is 9.97 Å². The minimum Gasteiger partial charge on any atom is -0.355 e. The molecule has 4 rings (SSSR count). The molecule has 1 unspecified atom stereocenters. The fourth-order valence-corrected chi connectivity index (χ4v) is 4.13. The van der Waals surface area contributed by atoms with Crippen molar-refractivity contribution in [2.45, 2.75) is 19.8 Å². The first-order valence-electron chi connectivity index (χ1n) is 9.32. The summed E-state index contributed by atoms with van der Waals surface area (Å²) in [6, 6.07) is 7.85. The molecule has 1 aliphatic heterocycles. The first-order valence-corrected chi connectivity index (χ1v) is 10.1. The molecule has 0 radical (unpaired) electrons. The van der Waals surface area contributed by atoms with Crippen molar-refractivity contribution < 1.29 is 9.59 Å². The van der Waals surface area contributed by atoms with Crippen LogP contribution >= 0.6 is 11.3 Å². The second-order valence-corrected chi connectivity index (χ2v) is 8.00. The van der Waals surface area contributed by atoms with Crippen molar-refractivity contribution in [3.05, 3.63) is 46.5 Å². The molecule has 144 valence electrons. The average Bonchev–Trinajstić information content (AvgIpc) is 3.23. The van der Waals surface area contributed by atoms with Gasteiger partial charge in [0.15, 0.2) is 10.8 Å². The van der Waals surface area contributed by atoms with Crippen LogP contribution in [0.5, 0.6) is 0 Å². The Kier molecular flexibility index (Phi) is 5.29. The third-order valence-electron chi connectivity index (χ3n) is 4.86. The minimum absolute atomic E-state index is 0.122. The molecule has 0 aliphatic carbocycles. The summed E-state index contributed by atoms with van der Waals surface area (Å²) in [6.07, 6.45) is 5.39. The van der Waals surface area contributed by atoms with E-state index in [0.29, 0.717) is 22.3 Å². The lowest BCUT2D eigenvalue weighted by molar-refractivity contribution is 0.0948. The number of nitrogens with zero attached hydrogens (tertiary/aromatic N) is 4. The second-order valence-electron chi connectivity index (χ2n) is 6.97. The lowest BCUT2D eigenvalue weighted by atomic mass is 9.98. The number of fused-ring (bicyclic) bond motifs is 1. The average molecular weight is 395 g/mol. The number of Topliss-reactive ketones (excluding diaryl/α,β-unsaturated/α-hetero) is 1. The number of aromatic nitrogens is 3. The van der Waals surface area contributed by atoms with Crippen LogP contribution in [0.15, 0.2) is 36.7 Å². The van der Waals surface area contributed by atoms with E-state index in [9.17, 15) is 9.59 Å². The Morgan fingerprint density at radius 1 is 1.21 bits per heavy atom. The number of anilines is 1. The lowest BCUT2D eigenvalue weighted by Crippen LogP contribution is -2.41. The standard InChI is InChI=1S/C20H21N5O2S/c1-13(26)20-23-10-17(28-20)19(27)22-9-14-5-4-8-25(12-14)18-11-21-15-6-2-3-7-16(15)24-18/h2-3,6-7,10-11,14H,4-5,8-9,12H2,1H3,(H,22,27). The van der Waals surface area contributed by atoms with Crippen LogP contribution in [0.2, 0.25) is 0 Å². The first kappa shape index (κ1) is 18.5. The first-order chi connectivity index (χ1) is 13.6. The van der Waals surface area contributed by atoms with E-state index in [1.807, 2.05) is 30.5 Å². The van der Waals surface area contributed by atoms with Crippen LogP contribution < -0.4 is 10.2 Å². The largest absolute Gasteiger partial charge is 0.355 e. The van der Waals surface area contributed by atoms with Gasteiger partial charge in [0.2, 0.25) is 0 Å². The Labute approximate surface area is 166 Å². The Bertz CT molecular complexity index is 1020. The summed E-state index contributed by atoms with van der Waals surface area (Å²) in [5.74, 6) is 0.922. The molecule has 1 amide bonds. The van der Waals surface area contributed by atoms with E-state index in [1.54, 1.807) is 0 Å². The van der Waals surface area contributed by atoms with Crippen molar-refractivity contribution in [1.82, 2.24) is 20.3 Å². The molecule has 3 aromatic rings. The number of carbonyl (C=O) groups is 2. The summed E-state index contributed by atoms with van der Waals surface area (Å²) in [5.41, 5.74) is 1.78. The molecule has 0 bridgehead atoms. The molecule has 1 saturated heterocycles. The molecule has 3 heterocycles. The lowest BCUT2D eigenvalue weighted by Gasteiger charge is -2.33. The molecule has 2 aromatic heterocycles. The third kappa shape index (κ3) is 4.01. The van der Waals surface area contributed by atoms with Gasteiger partial charge in [-0.15, -0.1) is 11.3 Å². The fraction of sp³-hybridized carbons (Fsp3) is 0.350. The van der Waals surface area contributed by atoms with E-state index in [1.165, 1.54) is 13.1 Å². The molecule has 1 aromatic carbocycles. The quantitative estimate of drug-likeness (QED) is 0.668. The topological polar surface area (TPSA) is 88.1 Å².